The molecule has 0 fully saturated rings. The lowest BCUT2D eigenvalue weighted by Crippen LogP contribution is -2.41. The molecule has 130 valence electrons. The minimum Gasteiger partial charge on any atom is -0.428 e. The molecule has 0 bridgehead atoms. The lowest BCUT2D eigenvalue weighted by molar-refractivity contribution is -0.701. The van der Waals surface area contributed by atoms with Crippen molar-refractivity contribution in [2.75, 3.05) is 6.61 Å². The molecule has 25 heavy (non-hydrogen) atoms. The van der Waals surface area contributed by atoms with Crippen LogP contribution in [0.1, 0.15) is 29.3 Å². The van der Waals surface area contributed by atoms with Gasteiger partial charge in [0.25, 0.3) is 5.82 Å². The molecule has 0 saturated carbocycles. The largest absolute Gasteiger partial charge is 0.428 e. The average molecular weight is 354 g/mol. The second-order valence-corrected chi connectivity index (χ2v) is 6.72. The van der Waals surface area contributed by atoms with Crippen molar-refractivity contribution in [2.24, 2.45) is 0 Å². The molecular formula is C19H25N4OSi+. The number of aromatic nitrogens is 4. The fourth-order valence-electron chi connectivity index (χ4n) is 3.05. The topological polar surface area (TPSA) is 43.8 Å². The van der Waals surface area contributed by atoms with Crippen LogP contribution in [0, 0.1) is 6.92 Å². The molecular weight excluding hydrogens is 328 g/mol. The maximum Gasteiger partial charge on any atom is 0.257 e. The Hall–Kier alpha value is -2.31. The van der Waals surface area contributed by atoms with Gasteiger partial charge in [0.05, 0.1) is 17.8 Å². The van der Waals surface area contributed by atoms with Gasteiger partial charge in [-0.2, -0.15) is 0 Å². The number of nitrogens with zero attached hydrogens (tertiary/aromatic N) is 4. The number of hydrogen-bond donors (Lipinski definition) is 0. The third-order valence-electron chi connectivity index (χ3n) is 4.27. The Kier molecular flexibility index (Phi) is 6.08. The van der Waals surface area contributed by atoms with Crippen molar-refractivity contribution in [1.82, 2.24) is 14.5 Å². The molecule has 0 amide bonds. The molecule has 3 rings (SSSR count). The highest BCUT2D eigenvalue weighted by atomic mass is 28.2. The Morgan fingerprint density at radius 1 is 1.08 bits per heavy atom. The van der Waals surface area contributed by atoms with E-state index in [1.165, 1.54) is 11.5 Å². The zero-order chi connectivity index (χ0) is 17.5. The van der Waals surface area contributed by atoms with Crippen LogP contribution in [0.3, 0.4) is 0 Å². The number of aryl methyl sites for hydroxylation is 1. The van der Waals surface area contributed by atoms with Crippen LogP contribution in [0.5, 0.6) is 0 Å². The maximum absolute atomic E-state index is 5.38. The van der Waals surface area contributed by atoms with Crippen molar-refractivity contribution in [3.8, 4) is 0 Å². The van der Waals surface area contributed by atoms with Crippen molar-refractivity contribution in [3.05, 3.63) is 77.9 Å². The van der Waals surface area contributed by atoms with Gasteiger partial charge >= 0.3 is 0 Å². The highest BCUT2D eigenvalue weighted by molar-refractivity contribution is 5.97. The second-order valence-electron chi connectivity index (χ2n) is 6.14. The van der Waals surface area contributed by atoms with E-state index in [0.717, 1.165) is 54.4 Å². The first-order chi connectivity index (χ1) is 12.3. The summed E-state index contributed by atoms with van der Waals surface area (Å²) in [5.74, 6) is 1.30. The van der Waals surface area contributed by atoms with Gasteiger partial charge in [-0.25, -0.2) is 9.13 Å². The smallest absolute Gasteiger partial charge is 0.257 e. The Morgan fingerprint density at radius 3 is 2.44 bits per heavy atom. The Balaban J connectivity index is 1.89. The molecule has 6 heteroatoms. The van der Waals surface area contributed by atoms with Crippen molar-refractivity contribution in [2.45, 2.75) is 32.9 Å². The first-order valence-electron chi connectivity index (χ1n) is 8.65. The van der Waals surface area contributed by atoms with Crippen molar-refractivity contribution >= 4 is 10.5 Å². The maximum atomic E-state index is 5.38. The van der Waals surface area contributed by atoms with Crippen molar-refractivity contribution < 1.29 is 8.99 Å². The molecule has 0 N–H and O–H groups in total. The Bertz CT molecular complexity index is 790. The summed E-state index contributed by atoms with van der Waals surface area (Å²) in [6.45, 7) is 4.56. The van der Waals surface area contributed by atoms with Gasteiger partial charge in [-0.05, 0) is 30.7 Å². The van der Waals surface area contributed by atoms with Crippen LogP contribution in [0.4, 0.5) is 0 Å². The monoisotopic (exact) mass is 353 g/mol. The summed E-state index contributed by atoms with van der Waals surface area (Å²) in [5, 5.41) is 0. The molecule has 0 spiro atoms. The molecule has 0 aliphatic heterocycles. The highest BCUT2D eigenvalue weighted by Crippen LogP contribution is 2.09. The molecule has 0 unspecified atom stereocenters. The van der Waals surface area contributed by atoms with E-state index in [9.17, 15) is 0 Å². The number of rotatable bonds is 8. The fourth-order valence-corrected chi connectivity index (χ4v) is 3.34. The van der Waals surface area contributed by atoms with Crippen LogP contribution in [0.15, 0.2) is 55.0 Å². The molecule has 0 saturated heterocycles. The Labute approximate surface area is 151 Å². The molecule has 0 aromatic carbocycles. The van der Waals surface area contributed by atoms with Crippen LogP contribution < -0.4 is 4.57 Å². The lowest BCUT2D eigenvalue weighted by atomic mass is 10.2. The minimum atomic E-state index is 0.786. The molecule has 0 aliphatic carbocycles. The van der Waals surface area contributed by atoms with E-state index in [1.807, 2.05) is 36.7 Å². The van der Waals surface area contributed by atoms with Crippen LogP contribution in [0.25, 0.3) is 0 Å². The van der Waals surface area contributed by atoms with Crippen LogP contribution in [-0.4, -0.2) is 31.6 Å². The second kappa shape index (κ2) is 8.69. The summed E-state index contributed by atoms with van der Waals surface area (Å²) >= 11 is 0. The van der Waals surface area contributed by atoms with E-state index < -0.39 is 0 Å². The molecule has 0 aliphatic rings. The zero-order valence-electron chi connectivity index (χ0n) is 14.9. The van der Waals surface area contributed by atoms with E-state index in [0.29, 0.717) is 0 Å². The molecule has 0 atom stereocenters. The first kappa shape index (κ1) is 17.5. The molecule has 3 aromatic heterocycles. The van der Waals surface area contributed by atoms with E-state index in [2.05, 4.69) is 44.4 Å². The Morgan fingerprint density at radius 2 is 1.80 bits per heavy atom. The summed E-state index contributed by atoms with van der Waals surface area (Å²) in [4.78, 5) is 8.96. The molecule has 5 nitrogen and oxygen atoms in total. The summed E-state index contributed by atoms with van der Waals surface area (Å²) in [6, 6.07) is 12.1. The quantitative estimate of drug-likeness (QED) is 0.347. The van der Waals surface area contributed by atoms with Gasteiger partial charge in [0.15, 0.2) is 0 Å². The normalized spacial score (nSPS) is 11.1. The van der Waals surface area contributed by atoms with Gasteiger partial charge in [-0.1, -0.05) is 12.1 Å². The number of imidazole rings is 1. The summed E-state index contributed by atoms with van der Waals surface area (Å²) in [7, 11) is 0.795. The summed E-state index contributed by atoms with van der Waals surface area (Å²) in [5.41, 5.74) is 3.39. The van der Waals surface area contributed by atoms with Gasteiger partial charge in [-0.15, -0.1) is 0 Å². The van der Waals surface area contributed by atoms with Crippen LogP contribution in [-0.2, 0) is 23.9 Å². The van der Waals surface area contributed by atoms with Crippen LogP contribution >= 0.6 is 0 Å². The van der Waals surface area contributed by atoms with Gasteiger partial charge in [-0.3, -0.25) is 9.97 Å². The standard InChI is InChI=1S/C19H25N4OSi/c1-16-13-22(14-17-7-2-4-10-20-17)19(9-6-12-24-25)23(16)15-18-8-3-5-11-21-18/h2-5,7-8,10-11,13H,6,9,12,14-15H2,1,25H3/q+1. The zero-order valence-corrected chi connectivity index (χ0v) is 16.9. The van der Waals surface area contributed by atoms with Crippen LogP contribution in [0.2, 0.25) is 0 Å². The predicted molar refractivity (Wildman–Crippen MR) is 100 cm³/mol. The molecule has 3 aromatic rings. The third kappa shape index (κ3) is 4.61. The van der Waals surface area contributed by atoms with E-state index >= 15 is 0 Å². The van der Waals surface area contributed by atoms with E-state index in [-0.39, 0.29) is 0 Å². The van der Waals surface area contributed by atoms with Gasteiger partial charge in [0.1, 0.15) is 35.5 Å². The number of pyridine rings is 2. The SMILES string of the molecule is Cc1cn(Cc2ccccn2)c(CCCO[SiH3])[n+]1Cc1ccccn1. The fraction of sp³-hybridized carbons (Fsp3) is 0.316. The summed E-state index contributed by atoms with van der Waals surface area (Å²) in [6.07, 6.45) is 7.93. The average Bonchev–Trinajstić information content (AvgIpc) is 2.92. The highest BCUT2D eigenvalue weighted by Gasteiger charge is 2.21. The van der Waals surface area contributed by atoms with E-state index in [4.69, 9.17) is 4.43 Å². The van der Waals surface area contributed by atoms with E-state index in [1.54, 1.807) is 0 Å². The van der Waals surface area contributed by atoms with Crippen molar-refractivity contribution in [1.29, 1.82) is 0 Å². The third-order valence-corrected chi connectivity index (χ3v) is 4.67. The minimum absolute atomic E-state index is 0.786. The number of hydrogen-bond acceptors (Lipinski definition) is 3. The predicted octanol–water partition coefficient (Wildman–Crippen LogP) is 1.20. The van der Waals surface area contributed by atoms with Gasteiger partial charge in [0, 0.05) is 25.9 Å². The molecule has 0 radical (unpaired) electrons. The van der Waals surface area contributed by atoms with Crippen molar-refractivity contribution in [3.63, 3.8) is 0 Å². The van der Waals surface area contributed by atoms with Gasteiger partial charge in [0.2, 0.25) is 0 Å². The molecule has 3 heterocycles. The van der Waals surface area contributed by atoms with Gasteiger partial charge < -0.3 is 4.43 Å². The lowest BCUT2D eigenvalue weighted by Gasteiger charge is -2.06. The first-order valence-corrected chi connectivity index (χ1v) is 9.47. The summed E-state index contributed by atoms with van der Waals surface area (Å²) < 4.78 is 10.1.